The Morgan fingerprint density at radius 3 is 1.44 bits per heavy atom. The second-order valence-corrected chi connectivity index (χ2v) is 11.6. The summed E-state index contributed by atoms with van der Waals surface area (Å²) in [6, 6.07) is 15.5. The lowest BCUT2D eigenvalue weighted by atomic mass is 10.1. The number of rotatable bonds is 8. The fourth-order valence-electron chi connectivity index (χ4n) is 3.90. The lowest BCUT2D eigenvalue weighted by Gasteiger charge is -2.09. The van der Waals surface area contributed by atoms with E-state index in [2.05, 4.69) is 19.4 Å². The third kappa shape index (κ3) is 4.69. The molecule has 0 saturated carbocycles. The van der Waals surface area contributed by atoms with Crippen molar-refractivity contribution in [2.24, 2.45) is 0 Å². The fourth-order valence-corrected chi connectivity index (χ4v) is 5.99. The maximum Gasteiger partial charge on any atom is 0.240 e. The molecule has 0 amide bonds. The summed E-state index contributed by atoms with van der Waals surface area (Å²) in [7, 11) is -7.79. The van der Waals surface area contributed by atoms with Gasteiger partial charge in [0.2, 0.25) is 20.0 Å². The summed E-state index contributed by atoms with van der Waals surface area (Å²) in [5.41, 5.74) is 2.88. The minimum absolute atomic E-state index is 0.0503. The molecular formula is C25H20N4O5S2. The van der Waals surface area contributed by atoms with E-state index in [0.29, 0.717) is 22.3 Å². The summed E-state index contributed by atoms with van der Waals surface area (Å²) in [5, 5.41) is 0. The van der Waals surface area contributed by atoms with Crippen LogP contribution in [0, 0.1) is 0 Å². The third-order valence-electron chi connectivity index (χ3n) is 5.76. The minimum Gasteiger partial charge on any atom is -0.289 e. The third-order valence-corrected chi connectivity index (χ3v) is 8.56. The number of nitrogens with one attached hydrogen (secondary N) is 2. The first-order valence-corrected chi connectivity index (χ1v) is 13.8. The molecular weight excluding hydrogens is 500 g/mol. The van der Waals surface area contributed by atoms with Crippen molar-refractivity contribution in [3.05, 3.63) is 108 Å². The van der Waals surface area contributed by atoms with Crippen LogP contribution in [0.2, 0.25) is 0 Å². The zero-order chi connectivity index (χ0) is 25.3. The van der Waals surface area contributed by atoms with E-state index >= 15 is 0 Å². The molecule has 2 heterocycles. The number of hydrogen-bond acceptors (Lipinski definition) is 7. The molecule has 4 aromatic rings. The van der Waals surface area contributed by atoms with Gasteiger partial charge in [0.05, 0.1) is 9.79 Å². The zero-order valence-electron chi connectivity index (χ0n) is 18.7. The van der Waals surface area contributed by atoms with Gasteiger partial charge >= 0.3 is 0 Å². The number of benzene rings is 2. The fraction of sp³-hybridized carbons (Fsp3) is 0.0800. The molecule has 0 fully saturated rings. The number of nitrogens with zero attached hydrogens (tertiary/aromatic N) is 2. The normalized spacial score (nSPS) is 12.8. The van der Waals surface area contributed by atoms with E-state index in [1.54, 1.807) is 61.2 Å². The van der Waals surface area contributed by atoms with Gasteiger partial charge in [0.1, 0.15) is 0 Å². The first-order chi connectivity index (χ1) is 17.2. The van der Waals surface area contributed by atoms with Gasteiger partial charge in [-0.3, -0.25) is 14.8 Å². The van der Waals surface area contributed by atoms with Gasteiger partial charge in [-0.05, 0) is 58.7 Å². The summed E-state index contributed by atoms with van der Waals surface area (Å²) >= 11 is 0. The highest BCUT2D eigenvalue weighted by Gasteiger charge is 2.30. The first kappa shape index (κ1) is 23.9. The van der Waals surface area contributed by atoms with Crippen LogP contribution in [0.4, 0.5) is 0 Å². The van der Waals surface area contributed by atoms with Crippen molar-refractivity contribution in [2.45, 2.75) is 22.9 Å². The van der Waals surface area contributed by atoms with Crippen LogP contribution < -0.4 is 9.44 Å². The Hall–Kier alpha value is -3.77. The molecule has 0 atom stereocenters. The van der Waals surface area contributed by atoms with Crippen molar-refractivity contribution in [2.75, 3.05) is 0 Å². The van der Waals surface area contributed by atoms with Crippen LogP contribution in [-0.2, 0) is 33.1 Å². The molecule has 0 radical (unpaired) electrons. The highest BCUT2D eigenvalue weighted by Crippen LogP contribution is 2.38. The predicted octanol–water partition coefficient (Wildman–Crippen LogP) is 2.65. The lowest BCUT2D eigenvalue weighted by molar-refractivity contribution is 0.104. The van der Waals surface area contributed by atoms with Gasteiger partial charge in [0.15, 0.2) is 5.78 Å². The molecule has 2 N–H and O–H groups in total. The molecule has 0 saturated heterocycles. The lowest BCUT2D eigenvalue weighted by Crippen LogP contribution is -2.23. The Kier molecular flexibility index (Phi) is 6.22. The molecule has 5 rings (SSSR count). The number of carbonyl (C=O) groups is 1. The number of ketones is 1. The molecule has 1 aliphatic rings. The highest BCUT2D eigenvalue weighted by molar-refractivity contribution is 7.89. The Morgan fingerprint density at radius 1 is 0.611 bits per heavy atom. The van der Waals surface area contributed by atoms with Gasteiger partial charge in [0.25, 0.3) is 0 Å². The molecule has 0 aliphatic heterocycles. The molecule has 2 aromatic heterocycles. The van der Waals surface area contributed by atoms with E-state index in [0.717, 1.165) is 0 Å². The maximum absolute atomic E-state index is 13.2. The molecule has 9 nitrogen and oxygen atoms in total. The zero-order valence-corrected chi connectivity index (χ0v) is 20.4. The Labute approximate surface area is 208 Å². The maximum atomic E-state index is 13.2. The van der Waals surface area contributed by atoms with Gasteiger partial charge in [0, 0.05) is 49.0 Å². The second-order valence-electron chi connectivity index (χ2n) is 8.12. The number of hydrogen-bond donors (Lipinski definition) is 2. The van der Waals surface area contributed by atoms with Gasteiger partial charge in [-0.25, -0.2) is 26.3 Å². The average molecular weight is 521 g/mol. The minimum atomic E-state index is -3.90. The van der Waals surface area contributed by atoms with Crippen LogP contribution in [0.5, 0.6) is 0 Å². The number of pyridine rings is 2. The van der Waals surface area contributed by atoms with Gasteiger partial charge in [-0.15, -0.1) is 0 Å². The monoisotopic (exact) mass is 520 g/mol. The number of fused-ring (bicyclic) bond motifs is 3. The molecule has 182 valence electrons. The van der Waals surface area contributed by atoms with Crippen LogP contribution in [-0.4, -0.2) is 32.6 Å². The van der Waals surface area contributed by atoms with E-state index in [1.807, 2.05) is 0 Å². The SMILES string of the molecule is O=C1c2cc(S(=O)(=O)NCc3cccnc3)ccc2-c2ccc(S(=O)(=O)NCc3cccnc3)cc21. The quantitative estimate of drug-likeness (QED) is 0.321. The van der Waals surface area contributed by atoms with Crippen molar-refractivity contribution < 1.29 is 21.6 Å². The summed E-state index contributed by atoms with van der Waals surface area (Å²) in [4.78, 5) is 21.0. The molecule has 2 aromatic carbocycles. The van der Waals surface area contributed by atoms with Gasteiger partial charge < -0.3 is 0 Å². The highest BCUT2D eigenvalue weighted by atomic mass is 32.2. The van der Waals surface area contributed by atoms with Crippen molar-refractivity contribution in [1.82, 2.24) is 19.4 Å². The van der Waals surface area contributed by atoms with E-state index in [4.69, 9.17) is 0 Å². The number of aromatic nitrogens is 2. The van der Waals surface area contributed by atoms with E-state index < -0.39 is 25.8 Å². The molecule has 0 spiro atoms. The van der Waals surface area contributed by atoms with Crippen LogP contribution in [0.3, 0.4) is 0 Å². The smallest absolute Gasteiger partial charge is 0.240 e. The summed E-state index contributed by atoms with van der Waals surface area (Å²) in [5.74, 6) is -0.436. The van der Waals surface area contributed by atoms with Crippen molar-refractivity contribution in [3.63, 3.8) is 0 Å². The summed E-state index contributed by atoms with van der Waals surface area (Å²) in [6.07, 6.45) is 6.30. The molecule has 36 heavy (non-hydrogen) atoms. The molecule has 0 unspecified atom stereocenters. The standard InChI is InChI=1S/C25H20N4O5S2/c30-25-23-11-19(35(31,32)28-15-17-3-1-9-26-13-17)5-7-21(23)22-8-6-20(12-24(22)25)36(33,34)29-16-18-4-2-10-27-14-18/h1-14,28-29H,15-16H2. The number of carbonyl (C=O) groups excluding carboxylic acids is 1. The van der Waals surface area contributed by atoms with Crippen molar-refractivity contribution >= 4 is 25.8 Å². The Bertz CT molecular complexity index is 1550. The van der Waals surface area contributed by atoms with Crippen LogP contribution >= 0.6 is 0 Å². The van der Waals surface area contributed by atoms with Gasteiger partial charge in [-0.1, -0.05) is 24.3 Å². The van der Waals surface area contributed by atoms with Gasteiger partial charge in [-0.2, -0.15) is 0 Å². The van der Waals surface area contributed by atoms with Crippen LogP contribution in [0.1, 0.15) is 27.0 Å². The Balaban J connectivity index is 1.38. The topological polar surface area (TPSA) is 135 Å². The van der Waals surface area contributed by atoms with Crippen molar-refractivity contribution in [1.29, 1.82) is 0 Å². The average Bonchev–Trinajstić information content (AvgIpc) is 3.18. The molecule has 1 aliphatic carbocycles. The van der Waals surface area contributed by atoms with E-state index in [-0.39, 0.29) is 34.0 Å². The van der Waals surface area contributed by atoms with E-state index in [1.165, 1.54) is 24.3 Å². The summed E-state index contributed by atoms with van der Waals surface area (Å²) in [6.45, 7) is 0.101. The van der Waals surface area contributed by atoms with Crippen molar-refractivity contribution in [3.8, 4) is 11.1 Å². The van der Waals surface area contributed by atoms with Crippen LogP contribution in [0.25, 0.3) is 11.1 Å². The molecule has 0 bridgehead atoms. The largest absolute Gasteiger partial charge is 0.289 e. The number of sulfonamides is 2. The first-order valence-electron chi connectivity index (χ1n) is 10.8. The predicted molar refractivity (Wildman–Crippen MR) is 132 cm³/mol. The van der Waals surface area contributed by atoms with Crippen LogP contribution in [0.15, 0.2) is 95.2 Å². The molecule has 11 heteroatoms. The summed E-state index contributed by atoms with van der Waals surface area (Å²) < 4.78 is 56.3. The Morgan fingerprint density at radius 2 is 1.06 bits per heavy atom. The second kappa shape index (κ2) is 9.36. The van der Waals surface area contributed by atoms with E-state index in [9.17, 15) is 21.6 Å².